The maximum atomic E-state index is 10.8. The van der Waals surface area contributed by atoms with Crippen LogP contribution in [0.25, 0.3) is 0 Å². The van der Waals surface area contributed by atoms with Gasteiger partial charge in [-0.25, -0.2) is 4.99 Å². The molecule has 1 heterocycles. The quantitative estimate of drug-likeness (QED) is 0.626. The van der Waals surface area contributed by atoms with Crippen LogP contribution in [0.3, 0.4) is 0 Å². The minimum Gasteiger partial charge on any atom is -0.351 e. The molecular formula is C15H21N3O2S. The molecule has 0 N–H and O–H groups in total. The number of aliphatic imine (C=N–C) groups is 1. The molecule has 1 aliphatic rings. The van der Waals surface area contributed by atoms with Gasteiger partial charge >= 0.3 is 0 Å². The Bertz CT molecular complexity index is 572. The van der Waals surface area contributed by atoms with Crippen LogP contribution in [0, 0.1) is 23.0 Å². The van der Waals surface area contributed by atoms with Gasteiger partial charge in [-0.05, 0) is 30.9 Å². The van der Waals surface area contributed by atoms with Gasteiger partial charge in [0.05, 0.1) is 10.6 Å². The molecule has 1 aromatic carbocycles. The second-order valence-electron chi connectivity index (χ2n) is 5.68. The van der Waals surface area contributed by atoms with Crippen LogP contribution in [-0.2, 0) is 0 Å². The van der Waals surface area contributed by atoms with E-state index in [4.69, 9.17) is 4.99 Å². The molecule has 0 saturated carbocycles. The monoisotopic (exact) mass is 307 g/mol. The molecule has 6 heteroatoms. The van der Waals surface area contributed by atoms with Crippen LogP contribution in [0.2, 0.25) is 0 Å². The summed E-state index contributed by atoms with van der Waals surface area (Å²) in [6.07, 6.45) is 1.16. The van der Waals surface area contributed by atoms with E-state index in [1.807, 2.05) is 6.92 Å². The molecule has 2 rings (SSSR count). The van der Waals surface area contributed by atoms with Gasteiger partial charge in [0.15, 0.2) is 5.17 Å². The molecule has 1 fully saturated rings. The van der Waals surface area contributed by atoms with Crippen LogP contribution in [0.1, 0.15) is 25.8 Å². The number of thioether (sulfide) groups is 1. The van der Waals surface area contributed by atoms with E-state index in [0.717, 1.165) is 28.6 Å². The Kier molecular flexibility index (Phi) is 4.88. The lowest BCUT2D eigenvalue weighted by molar-refractivity contribution is -0.384. The molecule has 0 aliphatic carbocycles. The highest BCUT2D eigenvalue weighted by Gasteiger charge is 2.26. The fraction of sp³-hybridized carbons (Fsp3) is 0.533. The minimum absolute atomic E-state index is 0.112. The molecule has 0 aromatic heterocycles. The molecule has 1 aliphatic heterocycles. The second kappa shape index (κ2) is 6.47. The van der Waals surface area contributed by atoms with Crippen LogP contribution >= 0.6 is 11.8 Å². The molecule has 1 saturated heterocycles. The van der Waals surface area contributed by atoms with Gasteiger partial charge in [0, 0.05) is 31.0 Å². The zero-order valence-corrected chi connectivity index (χ0v) is 13.7. The van der Waals surface area contributed by atoms with Crippen molar-refractivity contribution in [3.63, 3.8) is 0 Å². The van der Waals surface area contributed by atoms with E-state index >= 15 is 0 Å². The Hall–Kier alpha value is -1.56. The zero-order valence-electron chi connectivity index (χ0n) is 12.9. The van der Waals surface area contributed by atoms with Crippen LogP contribution < -0.4 is 0 Å². The van der Waals surface area contributed by atoms with E-state index in [1.54, 1.807) is 23.9 Å². The lowest BCUT2D eigenvalue weighted by Gasteiger charge is -2.37. The Balaban J connectivity index is 2.28. The van der Waals surface area contributed by atoms with Gasteiger partial charge in [-0.1, -0.05) is 25.6 Å². The predicted octanol–water partition coefficient (Wildman–Crippen LogP) is 3.98. The van der Waals surface area contributed by atoms with Gasteiger partial charge in [0.25, 0.3) is 5.69 Å². The minimum atomic E-state index is -0.375. The van der Waals surface area contributed by atoms with Crippen molar-refractivity contribution in [2.75, 3.05) is 12.8 Å². The SMILES string of the molecule is Cc1cc([N+](=O)[O-])ccc1N=C1SCCC(C(C)C)N1C. The van der Waals surface area contributed by atoms with Crippen LogP contribution in [0.15, 0.2) is 23.2 Å². The Morgan fingerprint density at radius 3 is 2.76 bits per heavy atom. The average molecular weight is 307 g/mol. The molecule has 5 nitrogen and oxygen atoms in total. The van der Waals surface area contributed by atoms with Gasteiger partial charge in [0.2, 0.25) is 0 Å². The third-order valence-corrected chi connectivity index (χ3v) is 4.90. The standard InChI is InChI=1S/C15H21N3O2S/c1-10(2)14-7-8-21-15(17(14)4)16-13-6-5-12(18(19)20)9-11(13)3/h5-6,9-10,14H,7-8H2,1-4H3. The van der Waals surface area contributed by atoms with Crippen LogP contribution in [-0.4, -0.2) is 33.8 Å². The van der Waals surface area contributed by atoms with Crippen molar-refractivity contribution in [1.29, 1.82) is 0 Å². The summed E-state index contributed by atoms with van der Waals surface area (Å²) >= 11 is 1.75. The van der Waals surface area contributed by atoms with Crippen molar-refractivity contribution < 1.29 is 4.92 Å². The topological polar surface area (TPSA) is 58.7 Å². The maximum absolute atomic E-state index is 10.8. The van der Waals surface area contributed by atoms with Gasteiger partial charge in [-0.2, -0.15) is 0 Å². The third-order valence-electron chi connectivity index (χ3n) is 3.82. The Morgan fingerprint density at radius 1 is 1.48 bits per heavy atom. The van der Waals surface area contributed by atoms with E-state index in [1.165, 1.54) is 6.07 Å². The fourth-order valence-electron chi connectivity index (χ4n) is 2.58. The number of rotatable bonds is 3. The number of benzene rings is 1. The third kappa shape index (κ3) is 3.56. The number of hydrogen-bond donors (Lipinski definition) is 0. The molecule has 1 aromatic rings. The first-order valence-corrected chi connectivity index (χ1v) is 8.08. The van der Waals surface area contributed by atoms with Gasteiger partial charge < -0.3 is 4.90 Å². The molecule has 114 valence electrons. The molecule has 0 spiro atoms. The highest BCUT2D eigenvalue weighted by atomic mass is 32.2. The summed E-state index contributed by atoms with van der Waals surface area (Å²) in [5.41, 5.74) is 1.75. The van der Waals surface area contributed by atoms with Crippen molar-refractivity contribution >= 4 is 28.3 Å². The van der Waals surface area contributed by atoms with E-state index in [-0.39, 0.29) is 10.6 Å². The number of non-ortho nitro benzene ring substituents is 1. The van der Waals surface area contributed by atoms with Gasteiger partial charge in [0.1, 0.15) is 0 Å². The first-order valence-electron chi connectivity index (χ1n) is 7.09. The van der Waals surface area contributed by atoms with Crippen molar-refractivity contribution in [1.82, 2.24) is 4.90 Å². The smallest absolute Gasteiger partial charge is 0.269 e. The van der Waals surface area contributed by atoms with E-state index < -0.39 is 0 Å². The number of nitro groups is 1. The fourth-order valence-corrected chi connectivity index (χ4v) is 3.63. The summed E-state index contributed by atoms with van der Waals surface area (Å²) in [7, 11) is 2.08. The first kappa shape index (κ1) is 15.8. The molecule has 0 bridgehead atoms. The summed E-state index contributed by atoms with van der Waals surface area (Å²) < 4.78 is 0. The second-order valence-corrected chi connectivity index (χ2v) is 6.74. The molecule has 21 heavy (non-hydrogen) atoms. The highest BCUT2D eigenvalue weighted by molar-refractivity contribution is 8.13. The van der Waals surface area contributed by atoms with Crippen molar-refractivity contribution in [3.05, 3.63) is 33.9 Å². The summed E-state index contributed by atoms with van der Waals surface area (Å²) in [5, 5.41) is 11.8. The predicted molar refractivity (Wildman–Crippen MR) is 88.4 cm³/mol. The molecule has 0 amide bonds. The normalized spacial score (nSPS) is 21.1. The largest absolute Gasteiger partial charge is 0.351 e. The lowest BCUT2D eigenvalue weighted by atomic mass is 10.0. The van der Waals surface area contributed by atoms with Gasteiger partial charge in [-0.3, -0.25) is 10.1 Å². The average Bonchev–Trinajstić information content (AvgIpc) is 2.42. The van der Waals surface area contributed by atoms with E-state index in [2.05, 4.69) is 25.8 Å². The molecule has 1 unspecified atom stereocenters. The summed E-state index contributed by atoms with van der Waals surface area (Å²) in [6, 6.07) is 5.32. The van der Waals surface area contributed by atoms with Crippen LogP contribution in [0.5, 0.6) is 0 Å². The van der Waals surface area contributed by atoms with Crippen molar-refractivity contribution in [2.24, 2.45) is 10.9 Å². The summed E-state index contributed by atoms with van der Waals surface area (Å²) in [6.45, 7) is 6.32. The van der Waals surface area contributed by atoms with E-state index in [9.17, 15) is 10.1 Å². The van der Waals surface area contributed by atoms with Crippen LogP contribution in [0.4, 0.5) is 11.4 Å². The number of nitrogens with zero attached hydrogens (tertiary/aromatic N) is 3. The number of aryl methyl sites for hydroxylation is 1. The Morgan fingerprint density at radius 2 is 2.19 bits per heavy atom. The summed E-state index contributed by atoms with van der Waals surface area (Å²) in [4.78, 5) is 17.4. The molecule has 1 atom stereocenters. The maximum Gasteiger partial charge on any atom is 0.269 e. The number of hydrogen-bond acceptors (Lipinski definition) is 4. The molecular weight excluding hydrogens is 286 g/mol. The van der Waals surface area contributed by atoms with E-state index in [0.29, 0.717) is 12.0 Å². The lowest BCUT2D eigenvalue weighted by Crippen LogP contribution is -2.42. The van der Waals surface area contributed by atoms with Gasteiger partial charge in [-0.15, -0.1) is 0 Å². The van der Waals surface area contributed by atoms with Crippen molar-refractivity contribution in [3.8, 4) is 0 Å². The van der Waals surface area contributed by atoms with Crippen molar-refractivity contribution in [2.45, 2.75) is 33.2 Å². The highest BCUT2D eigenvalue weighted by Crippen LogP contribution is 2.30. The molecule has 0 radical (unpaired) electrons. The number of nitro benzene ring substituents is 1. The first-order chi connectivity index (χ1) is 9.90. The zero-order chi connectivity index (χ0) is 15.6. The summed E-state index contributed by atoms with van der Waals surface area (Å²) in [5.74, 6) is 1.65. The number of amidine groups is 1. The Labute approximate surface area is 129 Å².